The van der Waals surface area contributed by atoms with E-state index >= 15 is 0 Å². The van der Waals surface area contributed by atoms with Gasteiger partial charge in [-0.25, -0.2) is 15.0 Å². The van der Waals surface area contributed by atoms with Crippen LogP contribution in [0.15, 0.2) is 72.9 Å². The van der Waals surface area contributed by atoms with E-state index in [-0.39, 0.29) is 52.0 Å². The Morgan fingerprint density at radius 2 is 1.08 bits per heavy atom. The molecular formula is C48H86N10S3. The first kappa shape index (κ1) is 70.9. The predicted molar refractivity (Wildman–Crippen MR) is 276 cm³/mol. The summed E-state index contributed by atoms with van der Waals surface area (Å²) in [7, 11) is 1.91. The molecule has 0 spiro atoms. The Hall–Kier alpha value is -4.59. The van der Waals surface area contributed by atoms with Gasteiger partial charge < -0.3 is 0 Å². The highest BCUT2D eigenvalue weighted by molar-refractivity contribution is 7.11. The molecule has 0 saturated heterocycles. The molecule has 13 heteroatoms. The summed E-state index contributed by atoms with van der Waals surface area (Å²) in [5.74, 6) is 1.44. The van der Waals surface area contributed by atoms with E-state index in [1.165, 1.54) is 27.5 Å². The van der Waals surface area contributed by atoms with Crippen molar-refractivity contribution < 1.29 is 0 Å². The van der Waals surface area contributed by atoms with Gasteiger partial charge in [-0.15, -0.1) is 22.7 Å². The molecule has 10 nitrogen and oxygen atoms in total. The molecule has 0 atom stereocenters. The maximum atomic E-state index is 4.22. The molecule has 0 aliphatic carbocycles. The van der Waals surface area contributed by atoms with Gasteiger partial charge in [0.05, 0.1) is 27.1 Å². The molecule has 346 valence electrons. The van der Waals surface area contributed by atoms with Crippen LogP contribution >= 0.6 is 34.2 Å². The Bertz CT molecular complexity index is 1750. The lowest BCUT2D eigenvalue weighted by Crippen LogP contribution is -1.88. The number of nitrogens with zero attached hydrogens (tertiary/aromatic N) is 10. The van der Waals surface area contributed by atoms with Gasteiger partial charge in [0.2, 0.25) is 0 Å². The van der Waals surface area contributed by atoms with Gasteiger partial charge >= 0.3 is 0 Å². The summed E-state index contributed by atoms with van der Waals surface area (Å²) in [4.78, 5) is 29.8. The van der Waals surface area contributed by atoms with Gasteiger partial charge in [0.25, 0.3) is 0 Å². The number of hydrogen-bond donors (Lipinski definition) is 0. The van der Waals surface area contributed by atoms with E-state index in [0.717, 1.165) is 55.0 Å². The summed E-state index contributed by atoms with van der Waals surface area (Å²) in [5.41, 5.74) is 8.80. The third-order valence-corrected chi connectivity index (χ3v) is 8.75. The van der Waals surface area contributed by atoms with Gasteiger partial charge in [0.15, 0.2) is 0 Å². The van der Waals surface area contributed by atoms with Crippen LogP contribution in [0.3, 0.4) is 0 Å². The highest BCUT2D eigenvalue weighted by Gasteiger charge is 2.03. The van der Waals surface area contributed by atoms with Gasteiger partial charge in [-0.3, -0.25) is 24.6 Å². The minimum absolute atomic E-state index is 0. The molecule has 0 aliphatic rings. The Morgan fingerprint density at radius 3 is 1.30 bits per heavy atom. The fraction of sp³-hybridized carbons (Fsp3) is 0.479. The lowest BCUT2D eigenvalue weighted by atomic mass is 10.2. The quantitative estimate of drug-likeness (QED) is 0.158. The second-order valence-corrected chi connectivity index (χ2v) is 16.2. The molecule has 7 aromatic heterocycles. The van der Waals surface area contributed by atoms with E-state index in [1.807, 2.05) is 119 Å². The van der Waals surface area contributed by atoms with Crippen LogP contribution in [0.5, 0.6) is 0 Å². The normalized spacial score (nSPS) is 8.46. The van der Waals surface area contributed by atoms with Crippen molar-refractivity contribution in [2.75, 3.05) is 0 Å². The Kier molecular flexibility index (Phi) is 46.0. The first-order valence-corrected chi connectivity index (χ1v) is 20.0. The minimum Gasteiger partial charge on any atom is -0.276 e. The smallest absolute Gasteiger partial charge is 0.145 e. The predicted octanol–water partition coefficient (Wildman–Crippen LogP) is 15.2. The van der Waals surface area contributed by atoms with Crippen molar-refractivity contribution in [1.29, 1.82) is 0 Å². The van der Waals surface area contributed by atoms with E-state index < -0.39 is 0 Å². The molecule has 0 aliphatic heterocycles. The molecule has 0 fully saturated rings. The van der Waals surface area contributed by atoms with Crippen molar-refractivity contribution in [3.63, 3.8) is 0 Å². The van der Waals surface area contributed by atoms with Crippen molar-refractivity contribution in [3.05, 3.63) is 144 Å². The average Bonchev–Trinajstić information content (AvgIpc) is 3.91. The summed E-state index contributed by atoms with van der Waals surface area (Å²) in [6, 6.07) is 10.1. The van der Waals surface area contributed by atoms with Crippen LogP contribution in [-0.4, -0.2) is 49.0 Å². The maximum absolute atomic E-state index is 4.22. The number of hydrogen-bond acceptors (Lipinski definition) is 12. The average molecular weight is 899 g/mol. The second-order valence-electron chi connectivity index (χ2n) is 12.7. The fourth-order valence-corrected chi connectivity index (χ4v) is 5.58. The first-order valence-electron chi connectivity index (χ1n) is 17.5. The molecule has 0 N–H and O–H groups in total. The molecule has 7 rings (SSSR count). The highest BCUT2D eigenvalue weighted by atomic mass is 32.1. The van der Waals surface area contributed by atoms with E-state index in [1.54, 1.807) is 39.7 Å². The van der Waals surface area contributed by atoms with Gasteiger partial charge in [0.1, 0.15) is 10.8 Å². The van der Waals surface area contributed by atoms with Crippen molar-refractivity contribution in [2.24, 2.45) is 7.05 Å². The van der Waals surface area contributed by atoms with Crippen molar-refractivity contribution in [3.8, 4) is 0 Å². The summed E-state index contributed by atoms with van der Waals surface area (Å²) in [5, 5.41) is 9.43. The third-order valence-electron chi connectivity index (χ3n) is 6.40. The number of aryl methyl sites for hydroxylation is 13. The highest BCUT2D eigenvalue weighted by Crippen LogP contribution is 2.12. The van der Waals surface area contributed by atoms with Crippen LogP contribution < -0.4 is 0 Å². The molecular weight excluding hydrogens is 813 g/mol. The third kappa shape index (κ3) is 36.9. The Morgan fingerprint density at radius 1 is 0.508 bits per heavy atom. The van der Waals surface area contributed by atoms with Gasteiger partial charge in [-0.1, -0.05) is 71.9 Å². The van der Waals surface area contributed by atoms with Crippen molar-refractivity contribution >= 4 is 34.2 Å². The monoisotopic (exact) mass is 899 g/mol. The van der Waals surface area contributed by atoms with Crippen LogP contribution in [0.4, 0.5) is 0 Å². The largest absolute Gasteiger partial charge is 0.276 e. The van der Waals surface area contributed by atoms with E-state index in [4.69, 9.17) is 0 Å². The van der Waals surface area contributed by atoms with Crippen molar-refractivity contribution in [1.82, 2.24) is 49.0 Å². The first-order chi connectivity index (χ1) is 25.4. The van der Waals surface area contributed by atoms with E-state index in [2.05, 4.69) is 89.6 Å². The summed E-state index contributed by atoms with van der Waals surface area (Å²) in [6.07, 6.45) is 11.0. The van der Waals surface area contributed by atoms with Crippen LogP contribution in [0.2, 0.25) is 0 Å². The molecule has 61 heavy (non-hydrogen) atoms. The lowest BCUT2D eigenvalue weighted by molar-refractivity contribution is 0.756. The van der Waals surface area contributed by atoms with Gasteiger partial charge in [-0.2, -0.15) is 9.47 Å². The topological polar surface area (TPSA) is 121 Å². The molecule has 0 saturated carbocycles. The molecule has 0 unspecified atom stereocenters. The summed E-state index contributed by atoms with van der Waals surface area (Å²) in [6.45, 7) is 28.2. The lowest BCUT2D eigenvalue weighted by Gasteiger charge is -1.92. The van der Waals surface area contributed by atoms with Crippen LogP contribution in [0, 0.1) is 83.1 Å². The molecule has 7 heterocycles. The SMILES string of the molecule is C.C.C.C.C.C.C.Cc1ccc(C)nc1.Cc1ccn(C)n1.Cc1ccnc(C)c1.Cc1cnc(C)cn1.Cc1cnc(C)s1.Cc1csc(C)n1.Cc1nc(C(C)C)ns1. The Balaban J connectivity index is -0.000000110. The number of rotatable bonds is 1. The molecule has 0 aromatic carbocycles. The Labute approximate surface area is 387 Å². The zero-order chi connectivity index (χ0) is 40.6. The molecule has 0 bridgehead atoms. The zero-order valence-corrected chi connectivity index (χ0v) is 37.2. The van der Waals surface area contributed by atoms with Gasteiger partial charge in [0, 0.05) is 77.5 Å². The summed E-state index contributed by atoms with van der Waals surface area (Å²) >= 11 is 4.90. The van der Waals surface area contributed by atoms with Crippen LogP contribution in [0.25, 0.3) is 0 Å². The minimum atomic E-state index is 0. The fourth-order valence-electron chi connectivity index (χ4n) is 3.71. The second kappa shape index (κ2) is 39.5. The standard InChI is InChI=1S/2C7H9N.C6H10N2S.C6H8N2.C5H8N2.2C5H7NS.7CH4/c1-6-3-4-8-7(2)5-6;1-6-3-4-7(2)8-5-6;1-4(2)6-7-5(3)9-8-6;1-5-3-8-6(2)4-7-5;1-5-3-4-7(2)6-5;1-4-3-7-5(2)6-4;1-4-3-6-5(2)7-4;;;;;;;/h2*3-5H,1-2H3;4H,1-3H3;3-4H,1-2H3;3-4H,1-2H3;2*3H,1-2H3;7*1H4. The number of aromatic nitrogens is 10. The number of thiazole rings is 2. The van der Waals surface area contributed by atoms with Gasteiger partial charge in [-0.05, 0) is 130 Å². The van der Waals surface area contributed by atoms with Crippen LogP contribution in [-0.2, 0) is 7.05 Å². The molecule has 7 aromatic rings. The maximum Gasteiger partial charge on any atom is 0.145 e. The zero-order valence-electron chi connectivity index (χ0n) is 34.7. The molecule has 0 radical (unpaired) electrons. The van der Waals surface area contributed by atoms with E-state index in [9.17, 15) is 0 Å². The molecule has 0 amide bonds. The number of pyridine rings is 2. The summed E-state index contributed by atoms with van der Waals surface area (Å²) < 4.78 is 5.93. The van der Waals surface area contributed by atoms with E-state index in [0.29, 0.717) is 5.92 Å². The van der Waals surface area contributed by atoms with Crippen molar-refractivity contribution in [2.45, 2.75) is 155 Å². The van der Waals surface area contributed by atoms with Crippen LogP contribution in [0.1, 0.15) is 143 Å².